The molecule has 28 heavy (non-hydrogen) atoms. The average molecular weight is 388 g/mol. The molecule has 0 bridgehead atoms. The third kappa shape index (κ3) is 4.28. The standard InChI is InChI=1S/C23H21N2O2P/c24-25-23(22(26)18-10-13-19-11-4-1-5-12-19)28(27,20-14-6-2-7-15-20)21-16-8-3-9-17-21/h1-9,11-12,14-17H,10,13,18H2. The Bertz CT molecular complexity index is 983. The zero-order valence-electron chi connectivity index (χ0n) is 15.4. The summed E-state index contributed by atoms with van der Waals surface area (Å²) in [7, 11) is -3.55. The highest BCUT2D eigenvalue weighted by molar-refractivity contribution is 7.85. The fourth-order valence-electron chi connectivity index (χ4n) is 3.17. The van der Waals surface area contributed by atoms with Gasteiger partial charge in [-0.3, -0.25) is 4.79 Å². The van der Waals surface area contributed by atoms with E-state index in [1.54, 1.807) is 48.5 Å². The van der Waals surface area contributed by atoms with E-state index in [-0.39, 0.29) is 11.8 Å². The van der Waals surface area contributed by atoms with E-state index in [0.29, 0.717) is 17.0 Å². The van der Waals surface area contributed by atoms with Gasteiger partial charge < -0.3 is 4.89 Å². The van der Waals surface area contributed by atoms with Gasteiger partial charge in [0.05, 0.1) is 0 Å². The maximum atomic E-state index is 14.1. The molecule has 0 N–H and O–H groups in total. The van der Waals surface area contributed by atoms with Crippen LogP contribution in [0.2, 0.25) is 0 Å². The molecule has 0 aliphatic carbocycles. The molecule has 0 radical (unpaired) electrons. The SMILES string of the molecule is N#[N+]C(C(=O)CCCc1ccccc1)=P([O-])(c1ccccc1)c1ccccc1. The van der Waals surface area contributed by atoms with Gasteiger partial charge in [-0.15, -0.1) is 0 Å². The molecule has 0 aliphatic heterocycles. The van der Waals surface area contributed by atoms with Gasteiger partial charge in [0.1, 0.15) is 0 Å². The van der Waals surface area contributed by atoms with Crippen LogP contribution in [0.15, 0.2) is 91.0 Å². The Morgan fingerprint density at radius 3 is 1.75 bits per heavy atom. The Hall–Kier alpha value is -2.99. The molecule has 0 fully saturated rings. The lowest BCUT2D eigenvalue weighted by atomic mass is 10.1. The minimum absolute atomic E-state index is 0.165. The summed E-state index contributed by atoms with van der Waals surface area (Å²) in [5.74, 6) is -0.394. The third-order valence-corrected chi connectivity index (χ3v) is 7.58. The predicted octanol–water partition coefficient (Wildman–Crippen LogP) is 3.51. The van der Waals surface area contributed by atoms with Crippen molar-refractivity contribution >= 4 is 28.9 Å². The first-order valence-corrected chi connectivity index (χ1v) is 10.9. The molecule has 0 saturated carbocycles. The average Bonchev–Trinajstić information content (AvgIpc) is 2.76. The number of benzene rings is 3. The highest BCUT2D eigenvalue weighted by atomic mass is 31.2. The molecule has 3 aromatic rings. The van der Waals surface area contributed by atoms with E-state index in [1.165, 1.54) is 0 Å². The van der Waals surface area contributed by atoms with Crippen LogP contribution in [0.25, 0.3) is 4.98 Å². The Balaban J connectivity index is 1.97. The molecule has 0 amide bonds. The molecule has 3 rings (SSSR count). The van der Waals surface area contributed by atoms with Crippen LogP contribution in [0.4, 0.5) is 0 Å². The molecule has 4 nitrogen and oxygen atoms in total. The molecular weight excluding hydrogens is 367 g/mol. The first-order valence-electron chi connectivity index (χ1n) is 9.17. The second-order valence-corrected chi connectivity index (χ2v) is 9.14. The zero-order valence-corrected chi connectivity index (χ0v) is 16.3. The molecule has 0 saturated heterocycles. The number of hydrogen-bond donors (Lipinski definition) is 0. The second-order valence-electron chi connectivity index (χ2n) is 6.47. The molecule has 140 valence electrons. The lowest BCUT2D eigenvalue weighted by molar-refractivity contribution is -0.155. The highest BCUT2D eigenvalue weighted by Gasteiger charge is 2.32. The number of diazo groups is 1. The van der Waals surface area contributed by atoms with E-state index in [4.69, 9.17) is 0 Å². The molecular formula is C23H21N2O2P. The summed E-state index contributed by atoms with van der Waals surface area (Å²) < 4.78 is 0. The Kier molecular flexibility index (Phi) is 6.55. The van der Waals surface area contributed by atoms with Crippen LogP contribution in [-0.4, -0.2) is 11.2 Å². The largest absolute Gasteiger partial charge is 0.817 e. The molecule has 3 aromatic carbocycles. The monoisotopic (exact) mass is 388 g/mol. The first kappa shape index (κ1) is 19.8. The minimum Gasteiger partial charge on any atom is -0.817 e. The molecule has 5 heteroatoms. The summed E-state index contributed by atoms with van der Waals surface area (Å²) in [6.45, 7) is 0. The predicted molar refractivity (Wildman–Crippen MR) is 114 cm³/mol. The topological polar surface area (TPSA) is 68.3 Å². The summed E-state index contributed by atoms with van der Waals surface area (Å²) >= 11 is 0. The van der Waals surface area contributed by atoms with Crippen molar-refractivity contribution < 1.29 is 9.69 Å². The lowest BCUT2D eigenvalue weighted by Crippen LogP contribution is -2.32. The van der Waals surface area contributed by atoms with Crippen LogP contribution in [0.3, 0.4) is 0 Å². The van der Waals surface area contributed by atoms with Crippen molar-refractivity contribution in [3.63, 3.8) is 0 Å². The van der Waals surface area contributed by atoms with Gasteiger partial charge in [0.15, 0.2) is 4.98 Å². The maximum absolute atomic E-state index is 14.1. The fourth-order valence-corrected chi connectivity index (χ4v) is 5.73. The van der Waals surface area contributed by atoms with E-state index in [0.717, 1.165) is 12.0 Å². The second kappa shape index (κ2) is 9.28. The van der Waals surface area contributed by atoms with Crippen LogP contribution in [-0.2, 0) is 11.2 Å². The number of Topliss-reactive ketones (excluding diaryl/α,β-unsaturated/α-hetero) is 1. The molecule has 0 unspecified atom stereocenters. The first-order chi connectivity index (χ1) is 13.7. The van der Waals surface area contributed by atoms with E-state index in [9.17, 15) is 15.1 Å². The van der Waals surface area contributed by atoms with Crippen molar-refractivity contribution in [2.45, 2.75) is 19.3 Å². The summed E-state index contributed by atoms with van der Waals surface area (Å²) in [6.07, 6.45) is 1.48. The van der Waals surface area contributed by atoms with Gasteiger partial charge in [0.25, 0.3) is 0 Å². The molecule has 0 spiro atoms. The fraction of sp³-hybridized carbons (Fsp3) is 0.130. The van der Waals surface area contributed by atoms with Gasteiger partial charge in [-0.05, 0) is 36.1 Å². The smallest absolute Gasteiger partial charge is 0.411 e. The number of carbonyl (C=O) groups is 1. The normalized spacial score (nSPS) is 10.9. The van der Waals surface area contributed by atoms with Gasteiger partial charge in [0, 0.05) is 6.42 Å². The number of ketones is 1. The zero-order chi connectivity index (χ0) is 19.8. The van der Waals surface area contributed by atoms with Crippen molar-refractivity contribution in [1.29, 1.82) is 5.39 Å². The van der Waals surface area contributed by atoms with Crippen molar-refractivity contribution in [2.75, 3.05) is 0 Å². The third-order valence-electron chi connectivity index (χ3n) is 4.59. The maximum Gasteiger partial charge on any atom is 0.411 e. The van der Waals surface area contributed by atoms with Gasteiger partial charge in [-0.1, -0.05) is 91.0 Å². The summed E-state index contributed by atoms with van der Waals surface area (Å²) in [4.78, 5) is 30.2. The molecule has 0 aromatic heterocycles. The number of carbonyl (C=O) groups excluding carboxylic acids is 1. The van der Waals surface area contributed by atoms with E-state index in [2.05, 4.69) is 4.98 Å². The van der Waals surface area contributed by atoms with Crippen LogP contribution < -0.4 is 15.5 Å². The number of aryl methyl sites for hydroxylation is 1. The molecule has 0 atom stereocenters. The van der Waals surface area contributed by atoms with Crippen LogP contribution in [0.5, 0.6) is 0 Å². The van der Waals surface area contributed by atoms with Crippen molar-refractivity contribution in [3.05, 3.63) is 102 Å². The lowest BCUT2D eigenvalue weighted by Gasteiger charge is -2.29. The molecule has 0 heterocycles. The van der Waals surface area contributed by atoms with Crippen LogP contribution in [0.1, 0.15) is 18.4 Å². The van der Waals surface area contributed by atoms with E-state index >= 15 is 0 Å². The van der Waals surface area contributed by atoms with E-state index in [1.807, 2.05) is 42.5 Å². The van der Waals surface area contributed by atoms with Gasteiger partial charge in [-0.2, -0.15) is 0 Å². The summed E-state index contributed by atoms with van der Waals surface area (Å²) in [5.41, 5.74) is 0.866. The summed E-state index contributed by atoms with van der Waals surface area (Å²) in [6, 6.07) is 27.4. The van der Waals surface area contributed by atoms with Crippen molar-refractivity contribution in [3.8, 4) is 0 Å². The Morgan fingerprint density at radius 1 is 0.821 bits per heavy atom. The molecule has 0 aliphatic rings. The number of nitrogens with zero attached hydrogens (tertiary/aromatic N) is 2. The van der Waals surface area contributed by atoms with Crippen LogP contribution >= 0.6 is 7.11 Å². The Labute approximate surface area is 165 Å². The summed E-state index contributed by atoms with van der Waals surface area (Å²) in [5, 5.41) is 10.6. The quantitative estimate of drug-likeness (QED) is 0.459. The van der Waals surface area contributed by atoms with Gasteiger partial charge >= 0.3 is 5.42 Å². The minimum atomic E-state index is -3.55. The number of rotatable bonds is 7. The van der Waals surface area contributed by atoms with Crippen LogP contribution in [0, 0.1) is 5.39 Å². The number of hydrogen-bond acceptors (Lipinski definition) is 3. The van der Waals surface area contributed by atoms with Crippen molar-refractivity contribution in [1.82, 2.24) is 0 Å². The highest BCUT2D eigenvalue weighted by Crippen LogP contribution is 2.38. The van der Waals surface area contributed by atoms with E-state index < -0.39 is 12.9 Å². The van der Waals surface area contributed by atoms with Crippen molar-refractivity contribution in [2.24, 2.45) is 0 Å². The Morgan fingerprint density at radius 2 is 1.29 bits per heavy atom. The van der Waals surface area contributed by atoms with Gasteiger partial charge in [-0.25, -0.2) is 0 Å². The van der Waals surface area contributed by atoms with Gasteiger partial charge in [0.2, 0.25) is 11.2 Å².